The molecule has 0 aliphatic carbocycles. The molecule has 0 atom stereocenters. The van der Waals surface area contributed by atoms with E-state index in [0.717, 1.165) is 148 Å². The van der Waals surface area contributed by atoms with Crippen LogP contribution < -0.4 is 0 Å². The normalized spacial score (nSPS) is 12.3. The van der Waals surface area contributed by atoms with Crippen LogP contribution in [-0.2, 0) is 0 Å². The Morgan fingerprint density at radius 3 is 1.37 bits per heavy atom. The van der Waals surface area contributed by atoms with Gasteiger partial charge in [0.15, 0.2) is 0 Å². The van der Waals surface area contributed by atoms with Crippen LogP contribution in [0.4, 0.5) is 0 Å². The Kier molecular flexibility index (Phi) is 10.7. The molecule has 0 saturated carbocycles. The zero-order valence-electron chi connectivity index (χ0n) is 52.0. The maximum atomic E-state index is 6.86. The molecule has 6 heteroatoms. The number of hydrogen-bond donors (Lipinski definition) is 0. The molecular weight excluding hydrogens is 1180 g/mol. The van der Waals surface area contributed by atoms with Crippen LogP contribution in [0.3, 0.4) is 0 Å². The largest absolute Gasteiger partial charge is 0.456 e. The van der Waals surface area contributed by atoms with Crippen LogP contribution in [0.15, 0.2) is 312 Å². The summed E-state index contributed by atoms with van der Waals surface area (Å²) in [6.07, 6.45) is 2.02. The molecule has 0 bridgehead atoms. The van der Waals surface area contributed by atoms with Gasteiger partial charge in [-0.25, -0.2) is 9.97 Å². The fraction of sp³-hybridized carbons (Fsp3) is 0. The molecule has 0 fully saturated rings. The molecule has 6 nitrogen and oxygen atoms in total. The van der Waals surface area contributed by atoms with Gasteiger partial charge < -0.3 is 8.83 Å². The molecule has 22 aromatic rings. The number of fused-ring (bicyclic) bond motifs is 23. The molecule has 446 valence electrons. The van der Waals surface area contributed by atoms with Crippen LogP contribution in [0.5, 0.6) is 0 Å². The summed E-state index contributed by atoms with van der Waals surface area (Å²) in [5.74, 6) is 0. The number of benzene rings is 16. The quantitative estimate of drug-likeness (QED) is 0.127. The van der Waals surface area contributed by atoms with Crippen molar-refractivity contribution in [2.24, 2.45) is 0 Å². The summed E-state index contributed by atoms with van der Waals surface area (Å²) in [4.78, 5) is 16.1. The van der Waals surface area contributed by atoms with Crippen LogP contribution in [-0.4, -0.2) is 19.4 Å². The third-order valence-corrected chi connectivity index (χ3v) is 20.9. The first-order valence-corrected chi connectivity index (χ1v) is 33.1. The summed E-state index contributed by atoms with van der Waals surface area (Å²) < 4.78 is 15.7. The van der Waals surface area contributed by atoms with E-state index >= 15 is 0 Å². The summed E-state index contributed by atoms with van der Waals surface area (Å²) in [5, 5.41) is 24.0. The number of hydrogen-bond acceptors (Lipinski definition) is 5. The minimum absolute atomic E-state index is 0.841. The highest BCUT2D eigenvalue weighted by Gasteiger charge is 2.24. The lowest BCUT2D eigenvalue weighted by Gasteiger charge is -2.18. The van der Waals surface area contributed by atoms with Gasteiger partial charge in [-0.05, 0) is 194 Å². The van der Waals surface area contributed by atoms with Crippen molar-refractivity contribution < 1.29 is 8.83 Å². The van der Waals surface area contributed by atoms with E-state index in [1.54, 1.807) is 0 Å². The highest BCUT2D eigenvalue weighted by molar-refractivity contribution is 6.26. The van der Waals surface area contributed by atoms with Gasteiger partial charge in [0.05, 0.1) is 33.3 Å². The van der Waals surface area contributed by atoms with Crippen molar-refractivity contribution in [3.63, 3.8) is 0 Å². The molecule has 0 spiro atoms. The van der Waals surface area contributed by atoms with Gasteiger partial charge in [0.25, 0.3) is 0 Å². The number of nitrogens with zero attached hydrogens (tertiary/aromatic N) is 4. The van der Waals surface area contributed by atoms with E-state index in [4.69, 9.17) is 23.8 Å². The van der Waals surface area contributed by atoms with Crippen LogP contribution >= 0.6 is 0 Å². The zero-order valence-corrected chi connectivity index (χ0v) is 52.0. The fourth-order valence-electron chi connectivity index (χ4n) is 16.6. The van der Waals surface area contributed by atoms with E-state index in [0.29, 0.717) is 0 Å². The van der Waals surface area contributed by atoms with Crippen molar-refractivity contribution in [1.29, 1.82) is 0 Å². The van der Waals surface area contributed by atoms with Crippen molar-refractivity contribution in [3.05, 3.63) is 303 Å². The van der Waals surface area contributed by atoms with Crippen LogP contribution in [0.25, 0.3) is 224 Å². The second-order valence-corrected chi connectivity index (χ2v) is 26.0. The van der Waals surface area contributed by atoms with Gasteiger partial charge >= 0.3 is 0 Å². The number of rotatable bonds is 5. The Labute approximate surface area is 552 Å². The topological polar surface area (TPSA) is 69.4 Å². The zero-order chi connectivity index (χ0) is 63.1. The van der Waals surface area contributed by atoms with Gasteiger partial charge in [-0.1, -0.05) is 212 Å². The maximum Gasteiger partial charge on any atom is 0.146 e. The molecule has 16 aromatic carbocycles. The molecule has 0 amide bonds. The standard InChI is InChI=1S/C91H50N4O2/c1-2-17-53-48-83-75(43-52(53)16-1)73-46-57(36-40-81(73)96-83)87-66-24-8-10-26-68(66)88(69-27-11-9-25-67(69)87)78-38-34-51-32-33-58-42-59(50-92-89(58)90(51)93-78)60-29-15-18-54-44-76-74-47-56(37-41-82(74)97-84(76)49-71(54)60)86-64-22-6-4-20-62(64)85(63-21-5-7-23-65(63)86)55-35-39-79-72(45-55)61-19-3-12-28-70(61)91-94-77-30-13-14-31-80(77)95(79)91/h1-50H. The average molecular weight is 1230 g/mol. The van der Waals surface area contributed by atoms with Gasteiger partial charge in [-0.3, -0.25) is 9.38 Å². The van der Waals surface area contributed by atoms with Crippen molar-refractivity contribution >= 4 is 169 Å². The first-order chi connectivity index (χ1) is 48.1. The van der Waals surface area contributed by atoms with Gasteiger partial charge in [-0.2, -0.15) is 0 Å². The van der Waals surface area contributed by atoms with Crippen LogP contribution in [0.2, 0.25) is 0 Å². The smallest absolute Gasteiger partial charge is 0.146 e. The van der Waals surface area contributed by atoms with E-state index < -0.39 is 0 Å². The Morgan fingerprint density at radius 2 is 0.732 bits per heavy atom. The van der Waals surface area contributed by atoms with Crippen molar-refractivity contribution in [3.8, 4) is 55.8 Å². The molecule has 97 heavy (non-hydrogen) atoms. The molecule has 22 rings (SSSR count). The predicted octanol–water partition coefficient (Wildman–Crippen LogP) is 24.9. The Morgan fingerprint density at radius 1 is 0.247 bits per heavy atom. The minimum Gasteiger partial charge on any atom is -0.456 e. The summed E-state index contributed by atoms with van der Waals surface area (Å²) in [6.45, 7) is 0. The van der Waals surface area contributed by atoms with E-state index in [1.807, 2.05) is 6.20 Å². The SMILES string of the molecule is c1ccc2cc3c(cc2c1)oc1ccc(-c2c4ccccc4c(-c4ccc5ccc6cc(-c7cccc8cc9c(cc78)oc7ccc(-c8c%10ccccc%10c(-c%10ccc%11c(c%10)c%10ccccc%10c%10nc%12ccccc%12n%11%10)c%10ccccc8%10)cc79)cnc6c5n4)c4ccccc24)cc13. The third-order valence-electron chi connectivity index (χ3n) is 20.9. The lowest BCUT2D eigenvalue weighted by Crippen LogP contribution is -1.94. The molecule has 0 N–H and O–H groups in total. The number of imidazole rings is 1. The molecule has 0 saturated heterocycles. The van der Waals surface area contributed by atoms with E-state index in [9.17, 15) is 0 Å². The molecule has 0 aliphatic rings. The summed E-state index contributed by atoms with van der Waals surface area (Å²) in [6, 6.07) is 108. The number of furan rings is 2. The van der Waals surface area contributed by atoms with Gasteiger partial charge in [0.1, 0.15) is 28.0 Å². The van der Waals surface area contributed by atoms with Crippen molar-refractivity contribution in [2.45, 2.75) is 0 Å². The van der Waals surface area contributed by atoms with E-state index in [1.165, 1.54) is 76.1 Å². The molecule has 0 radical (unpaired) electrons. The number of para-hydroxylation sites is 2. The van der Waals surface area contributed by atoms with E-state index in [2.05, 4.69) is 302 Å². The molecule has 6 heterocycles. The molecule has 6 aromatic heterocycles. The van der Waals surface area contributed by atoms with E-state index in [-0.39, 0.29) is 0 Å². The molecular formula is C91H50N4O2. The third kappa shape index (κ3) is 7.58. The highest BCUT2D eigenvalue weighted by atomic mass is 16.3. The average Bonchev–Trinajstić information content (AvgIpc) is 1.72. The second-order valence-electron chi connectivity index (χ2n) is 26.0. The Balaban J connectivity index is 0.642. The first-order valence-electron chi connectivity index (χ1n) is 33.1. The predicted molar refractivity (Wildman–Crippen MR) is 405 cm³/mol. The fourth-order valence-corrected chi connectivity index (χ4v) is 16.6. The monoisotopic (exact) mass is 1230 g/mol. The Hall–Kier alpha value is -13.0. The minimum atomic E-state index is 0.841. The first kappa shape index (κ1) is 52.5. The second kappa shape index (κ2) is 19.8. The molecule has 0 aliphatic heterocycles. The van der Waals surface area contributed by atoms with Crippen molar-refractivity contribution in [2.75, 3.05) is 0 Å². The summed E-state index contributed by atoms with van der Waals surface area (Å²) >= 11 is 0. The Bertz CT molecular complexity index is 7160. The highest BCUT2D eigenvalue weighted by Crippen LogP contribution is 2.49. The van der Waals surface area contributed by atoms with Crippen LogP contribution in [0, 0.1) is 0 Å². The lowest BCUT2D eigenvalue weighted by molar-refractivity contribution is 0.669. The summed E-state index contributed by atoms with van der Waals surface area (Å²) in [7, 11) is 0. The summed E-state index contributed by atoms with van der Waals surface area (Å²) in [5.41, 5.74) is 20.6. The van der Waals surface area contributed by atoms with Gasteiger partial charge in [-0.15, -0.1) is 0 Å². The number of pyridine rings is 3. The van der Waals surface area contributed by atoms with Crippen molar-refractivity contribution in [1.82, 2.24) is 19.4 Å². The van der Waals surface area contributed by atoms with Gasteiger partial charge in [0.2, 0.25) is 0 Å². The lowest BCUT2D eigenvalue weighted by atomic mass is 9.85. The van der Waals surface area contributed by atoms with Crippen LogP contribution in [0.1, 0.15) is 0 Å². The number of aromatic nitrogens is 4. The van der Waals surface area contributed by atoms with Gasteiger partial charge in [0, 0.05) is 60.4 Å². The molecule has 0 unspecified atom stereocenters. The maximum absolute atomic E-state index is 6.86.